The van der Waals surface area contributed by atoms with Gasteiger partial charge in [-0.1, -0.05) is 0 Å². The van der Waals surface area contributed by atoms with Crippen molar-refractivity contribution in [1.82, 2.24) is 25.5 Å². The molecule has 0 saturated carbocycles. The summed E-state index contributed by atoms with van der Waals surface area (Å²) in [6.45, 7) is 0.0185. The average molecular weight is 327 g/mol. The summed E-state index contributed by atoms with van der Waals surface area (Å²) in [6, 6.07) is 3.55. The molecule has 0 aliphatic carbocycles. The summed E-state index contributed by atoms with van der Waals surface area (Å²) < 4.78 is 9.64. The van der Waals surface area contributed by atoms with E-state index in [4.69, 9.17) is 4.42 Å². The van der Waals surface area contributed by atoms with Crippen LogP contribution in [0.5, 0.6) is 0 Å². The topological polar surface area (TPSA) is 123 Å². The zero-order chi connectivity index (χ0) is 16.9. The Kier molecular flexibility index (Phi) is 4.32. The van der Waals surface area contributed by atoms with Gasteiger partial charge in [-0.2, -0.15) is 5.10 Å². The maximum absolute atomic E-state index is 12.3. The molecule has 24 heavy (non-hydrogen) atoms. The summed E-state index contributed by atoms with van der Waals surface area (Å²) in [7, 11) is 1.25. The molecule has 3 aromatic rings. The van der Waals surface area contributed by atoms with Gasteiger partial charge in [0.2, 0.25) is 5.89 Å². The third-order valence-electron chi connectivity index (χ3n) is 3.20. The summed E-state index contributed by atoms with van der Waals surface area (Å²) in [5.41, 5.74) is 1.81. The number of aromatic amines is 1. The maximum atomic E-state index is 12.3. The first-order valence-corrected chi connectivity index (χ1v) is 6.93. The lowest BCUT2D eigenvalue weighted by atomic mass is 10.1. The molecule has 0 aromatic carbocycles. The number of amides is 1. The predicted molar refractivity (Wildman–Crippen MR) is 80.8 cm³/mol. The van der Waals surface area contributed by atoms with Gasteiger partial charge in [0.15, 0.2) is 5.69 Å². The van der Waals surface area contributed by atoms with Crippen molar-refractivity contribution in [3.8, 4) is 11.1 Å². The Labute approximate surface area is 136 Å². The number of nitrogens with zero attached hydrogens (tertiary/aromatic N) is 3. The second-order valence-corrected chi connectivity index (χ2v) is 4.70. The van der Waals surface area contributed by atoms with E-state index in [1.165, 1.54) is 13.4 Å². The molecule has 9 nitrogen and oxygen atoms in total. The van der Waals surface area contributed by atoms with E-state index in [1.807, 2.05) is 0 Å². The lowest BCUT2D eigenvalue weighted by molar-refractivity contribution is 0.0594. The van der Waals surface area contributed by atoms with Crippen molar-refractivity contribution in [2.45, 2.75) is 6.54 Å². The molecule has 0 spiro atoms. The Morgan fingerprint density at radius 2 is 2.12 bits per heavy atom. The van der Waals surface area contributed by atoms with Crippen LogP contribution < -0.4 is 5.32 Å². The molecule has 0 aliphatic rings. The van der Waals surface area contributed by atoms with Gasteiger partial charge in [0.1, 0.15) is 12.0 Å². The molecule has 122 valence electrons. The molecule has 0 radical (unpaired) electrons. The number of methoxy groups -OCH3 is 1. The van der Waals surface area contributed by atoms with E-state index in [0.717, 1.165) is 5.56 Å². The maximum Gasteiger partial charge on any atom is 0.360 e. The molecular formula is C15H13N5O4. The Balaban J connectivity index is 1.69. The van der Waals surface area contributed by atoms with Crippen LogP contribution >= 0.6 is 0 Å². The van der Waals surface area contributed by atoms with Gasteiger partial charge in [0.05, 0.1) is 19.9 Å². The van der Waals surface area contributed by atoms with Crippen LogP contribution in [0.4, 0.5) is 0 Å². The van der Waals surface area contributed by atoms with Crippen LogP contribution in [0.1, 0.15) is 26.9 Å². The van der Waals surface area contributed by atoms with Crippen LogP contribution in [0.3, 0.4) is 0 Å². The predicted octanol–water partition coefficient (Wildman–Crippen LogP) is 1.18. The number of ether oxygens (including phenoxy) is 1. The molecule has 3 heterocycles. The monoisotopic (exact) mass is 327 g/mol. The Bertz CT molecular complexity index is 856. The normalized spacial score (nSPS) is 10.4. The van der Waals surface area contributed by atoms with Crippen LogP contribution in [-0.4, -0.2) is 39.2 Å². The number of carbonyl (C=O) groups excluding carboxylic acids is 2. The first-order chi connectivity index (χ1) is 11.7. The van der Waals surface area contributed by atoms with Crippen molar-refractivity contribution >= 4 is 11.9 Å². The summed E-state index contributed by atoms with van der Waals surface area (Å²) in [6.07, 6.45) is 5.99. The average Bonchev–Trinajstić information content (AvgIpc) is 3.29. The van der Waals surface area contributed by atoms with Crippen molar-refractivity contribution in [3.05, 3.63) is 54.3 Å². The molecule has 0 bridgehead atoms. The molecule has 0 fully saturated rings. The molecule has 0 atom stereocenters. The number of carbonyl (C=O) groups is 2. The van der Waals surface area contributed by atoms with Gasteiger partial charge >= 0.3 is 5.97 Å². The fourth-order valence-corrected chi connectivity index (χ4v) is 2.04. The van der Waals surface area contributed by atoms with Gasteiger partial charge in [0, 0.05) is 18.0 Å². The highest BCUT2D eigenvalue weighted by Gasteiger charge is 2.17. The molecule has 0 saturated heterocycles. The van der Waals surface area contributed by atoms with E-state index in [1.54, 1.807) is 30.7 Å². The lowest BCUT2D eigenvalue weighted by Gasteiger charge is -2.03. The molecule has 9 heteroatoms. The molecule has 3 rings (SSSR count). The van der Waals surface area contributed by atoms with Crippen LogP contribution in [0.15, 0.2) is 41.4 Å². The first-order valence-electron chi connectivity index (χ1n) is 6.93. The van der Waals surface area contributed by atoms with Crippen molar-refractivity contribution in [2.24, 2.45) is 0 Å². The number of aromatic nitrogens is 4. The number of nitrogens with one attached hydrogen (secondary N) is 2. The van der Waals surface area contributed by atoms with Crippen LogP contribution in [0.2, 0.25) is 0 Å². The quantitative estimate of drug-likeness (QED) is 0.674. The highest BCUT2D eigenvalue weighted by atomic mass is 16.5. The van der Waals surface area contributed by atoms with E-state index in [-0.39, 0.29) is 24.0 Å². The minimum absolute atomic E-state index is 0.0185. The molecule has 0 aliphatic heterocycles. The van der Waals surface area contributed by atoms with Crippen molar-refractivity contribution in [1.29, 1.82) is 0 Å². The van der Waals surface area contributed by atoms with Gasteiger partial charge in [-0.3, -0.25) is 14.9 Å². The second kappa shape index (κ2) is 6.73. The van der Waals surface area contributed by atoms with Gasteiger partial charge in [-0.25, -0.2) is 9.78 Å². The lowest BCUT2D eigenvalue weighted by Crippen LogP contribution is -2.24. The number of hydrogen-bond acceptors (Lipinski definition) is 7. The Morgan fingerprint density at radius 3 is 2.88 bits per heavy atom. The second-order valence-electron chi connectivity index (χ2n) is 4.70. The van der Waals surface area contributed by atoms with Gasteiger partial charge in [-0.15, -0.1) is 0 Å². The zero-order valence-corrected chi connectivity index (χ0v) is 12.6. The van der Waals surface area contributed by atoms with Crippen LogP contribution in [0.25, 0.3) is 11.1 Å². The number of pyridine rings is 1. The minimum Gasteiger partial charge on any atom is -0.464 e. The van der Waals surface area contributed by atoms with Crippen LogP contribution in [-0.2, 0) is 11.3 Å². The van der Waals surface area contributed by atoms with Crippen LogP contribution in [0, 0.1) is 0 Å². The zero-order valence-electron chi connectivity index (χ0n) is 12.6. The number of esters is 1. The first kappa shape index (κ1) is 15.4. The molecule has 1 amide bonds. The molecular weight excluding hydrogens is 314 g/mol. The van der Waals surface area contributed by atoms with Gasteiger partial charge in [0.25, 0.3) is 5.91 Å². The SMILES string of the molecule is COC(=O)c1coc(CNC(=O)c2[nH]ncc2-c2ccncc2)n1. The van der Waals surface area contributed by atoms with Crippen molar-refractivity contribution < 1.29 is 18.7 Å². The summed E-state index contributed by atoms with van der Waals surface area (Å²) in [4.78, 5) is 31.5. The van der Waals surface area contributed by atoms with E-state index >= 15 is 0 Å². The highest BCUT2D eigenvalue weighted by molar-refractivity contribution is 5.98. The van der Waals surface area contributed by atoms with E-state index < -0.39 is 5.97 Å². The minimum atomic E-state index is -0.607. The summed E-state index contributed by atoms with van der Waals surface area (Å²) in [5, 5.41) is 9.22. The highest BCUT2D eigenvalue weighted by Crippen LogP contribution is 2.20. The fraction of sp³-hybridized carbons (Fsp3) is 0.133. The summed E-state index contributed by atoms with van der Waals surface area (Å²) in [5.74, 6) is -0.796. The number of hydrogen-bond donors (Lipinski definition) is 2. The molecule has 0 unspecified atom stereocenters. The largest absolute Gasteiger partial charge is 0.464 e. The summed E-state index contributed by atoms with van der Waals surface area (Å²) >= 11 is 0. The Hall–Kier alpha value is -3.49. The number of oxazole rings is 1. The van der Waals surface area contributed by atoms with Crippen molar-refractivity contribution in [3.63, 3.8) is 0 Å². The van der Waals surface area contributed by atoms with E-state index in [2.05, 4.69) is 30.2 Å². The van der Waals surface area contributed by atoms with Crippen molar-refractivity contribution in [2.75, 3.05) is 7.11 Å². The van der Waals surface area contributed by atoms with Gasteiger partial charge < -0.3 is 14.5 Å². The third-order valence-corrected chi connectivity index (χ3v) is 3.20. The standard InChI is InChI=1S/C15H13N5O4/c1-23-15(22)11-8-24-12(19-11)7-17-14(21)13-10(6-18-20-13)9-2-4-16-5-3-9/h2-6,8H,7H2,1H3,(H,17,21)(H,18,20). The third kappa shape index (κ3) is 3.14. The van der Waals surface area contributed by atoms with E-state index in [9.17, 15) is 9.59 Å². The van der Waals surface area contributed by atoms with E-state index in [0.29, 0.717) is 11.3 Å². The Morgan fingerprint density at radius 1 is 1.33 bits per heavy atom. The van der Waals surface area contributed by atoms with Gasteiger partial charge in [-0.05, 0) is 17.7 Å². The number of rotatable bonds is 5. The molecule has 3 aromatic heterocycles. The fourth-order valence-electron chi connectivity index (χ4n) is 2.04. The number of H-pyrrole nitrogens is 1. The molecule has 2 N–H and O–H groups in total. The smallest absolute Gasteiger partial charge is 0.360 e.